The number of nitrogens with one attached hydrogen (secondary N) is 1. The van der Waals surface area contributed by atoms with Crippen molar-refractivity contribution in [2.75, 3.05) is 18.5 Å². The van der Waals surface area contributed by atoms with Crippen LogP contribution in [0.3, 0.4) is 0 Å². The second kappa shape index (κ2) is 3.35. The molecule has 0 saturated carbocycles. The maximum absolute atomic E-state index is 10.3. The van der Waals surface area contributed by atoms with Crippen molar-refractivity contribution in [1.29, 1.82) is 0 Å². The van der Waals surface area contributed by atoms with E-state index in [4.69, 9.17) is 9.47 Å². The van der Waals surface area contributed by atoms with E-state index in [1.54, 1.807) is 12.1 Å². The van der Waals surface area contributed by atoms with Gasteiger partial charge in [-0.3, -0.25) is 4.79 Å². The number of benzene rings is 1. The molecule has 4 heteroatoms. The van der Waals surface area contributed by atoms with Crippen LogP contribution in [-0.4, -0.2) is 19.6 Å². The second-order valence-electron chi connectivity index (χ2n) is 2.59. The van der Waals surface area contributed by atoms with E-state index in [-0.39, 0.29) is 0 Å². The Bertz CT molecular complexity index is 325. The van der Waals surface area contributed by atoms with Gasteiger partial charge >= 0.3 is 0 Å². The average molecular weight is 179 g/mol. The van der Waals surface area contributed by atoms with Crippen LogP contribution in [0.25, 0.3) is 0 Å². The van der Waals surface area contributed by atoms with Gasteiger partial charge in [0.2, 0.25) is 6.41 Å². The molecule has 1 N–H and O–H groups in total. The molecule has 1 amide bonds. The van der Waals surface area contributed by atoms with Gasteiger partial charge in [0.05, 0.1) is 5.69 Å². The summed E-state index contributed by atoms with van der Waals surface area (Å²) in [5.41, 5.74) is 0.646. The molecule has 0 fully saturated rings. The van der Waals surface area contributed by atoms with E-state index in [0.717, 1.165) is 0 Å². The number of carbonyl (C=O) groups excluding carboxylic acids is 1. The lowest BCUT2D eigenvalue weighted by Gasteiger charge is -2.20. The van der Waals surface area contributed by atoms with Crippen molar-refractivity contribution in [1.82, 2.24) is 0 Å². The summed E-state index contributed by atoms with van der Waals surface area (Å²) in [6.45, 7) is 1.07. The topological polar surface area (TPSA) is 47.6 Å². The number of rotatable bonds is 2. The smallest absolute Gasteiger partial charge is 0.211 e. The second-order valence-corrected chi connectivity index (χ2v) is 2.59. The molecule has 0 aromatic heterocycles. The summed E-state index contributed by atoms with van der Waals surface area (Å²) < 4.78 is 10.7. The largest absolute Gasteiger partial charge is 0.486 e. The minimum atomic E-state index is 0.518. The van der Waals surface area contributed by atoms with Crippen molar-refractivity contribution in [3.63, 3.8) is 0 Å². The Morgan fingerprint density at radius 2 is 2.15 bits per heavy atom. The Labute approximate surface area is 75.5 Å². The minimum Gasteiger partial charge on any atom is -0.486 e. The average Bonchev–Trinajstić information content (AvgIpc) is 2.19. The monoisotopic (exact) mass is 179 g/mol. The highest BCUT2D eigenvalue weighted by Crippen LogP contribution is 2.36. The molecule has 1 aromatic rings. The van der Waals surface area contributed by atoms with Crippen LogP contribution < -0.4 is 14.8 Å². The molecule has 13 heavy (non-hydrogen) atoms. The van der Waals surface area contributed by atoms with Crippen LogP contribution in [0.5, 0.6) is 11.5 Å². The van der Waals surface area contributed by atoms with Crippen molar-refractivity contribution in [2.24, 2.45) is 0 Å². The van der Waals surface area contributed by atoms with E-state index < -0.39 is 0 Å². The van der Waals surface area contributed by atoms with Gasteiger partial charge in [-0.2, -0.15) is 0 Å². The highest BCUT2D eigenvalue weighted by Gasteiger charge is 2.14. The first-order chi connectivity index (χ1) is 6.42. The van der Waals surface area contributed by atoms with Crippen LogP contribution in [-0.2, 0) is 4.79 Å². The van der Waals surface area contributed by atoms with Crippen LogP contribution >= 0.6 is 0 Å². The Hall–Kier alpha value is -1.71. The lowest BCUT2D eigenvalue weighted by Crippen LogP contribution is -2.16. The van der Waals surface area contributed by atoms with E-state index in [1.807, 2.05) is 6.07 Å². The number of anilines is 1. The molecule has 0 atom stereocenters. The third-order valence-corrected chi connectivity index (χ3v) is 1.78. The predicted octanol–water partition coefficient (Wildman–Crippen LogP) is 1.03. The molecular weight excluding hydrogens is 170 g/mol. The summed E-state index contributed by atoms with van der Waals surface area (Å²) in [6.07, 6.45) is 0.619. The molecular formula is C9H9NO3. The van der Waals surface area contributed by atoms with Crippen LogP contribution in [0.1, 0.15) is 0 Å². The van der Waals surface area contributed by atoms with Gasteiger partial charge in [0.1, 0.15) is 13.2 Å². The van der Waals surface area contributed by atoms with Crippen LogP contribution in [0.2, 0.25) is 0 Å². The lowest BCUT2D eigenvalue weighted by molar-refractivity contribution is -0.105. The molecule has 1 aliphatic rings. The summed E-state index contributed by atoms with van der Waals surface area (Å²) in [4.78, 5) is 10.3. The molecule has 1 aliphatic heterocycles. The summed E-state index contributed by atoms with van der Waals surface area (Å²) in [5, 5.41) is 2.55. The summed E-state index contributed by atoms with van der Waals surface area (Å²) in [7, 11) is 0. The minimum absolute atomic E-state index is 0.518. The molecule has 0 unspecified atom stereocenters. The van der Waals surface area contributed by atoms with Gasteiger partial charge in [-0.25, -0.2) is 0 Å². The number of hydrogen-bond acceptors (Lipinski definition) is 3. The van der Waals surface area contributed by atoms with E-state index in [9.17, 15) is 4.79 Å². The van der Waals surface area contributed by atoms with Crippen LogP contribution in [0, 0.1) is 0 Å². The Balaban J connectivity index is 2.39. The van der Waals surface area contributed by atoms with Gasteiger partial charge in [-0.1, -0.05) is 6.07 Å². The van der Waals surface area contributed by atoms with Crippen molar-refractivity contribution in [3.8, 4) is 11.5 Å². The number of fused-ring (bicyclic) bond motifs is 1. The fourth-order valence-electron chi connectivity index (χ4n) is 1.25. The van der Waals surface area contributed by atoms with Crippen molar-refractivity contribution in [2.45, 2.75) is 0 Å². The zero-order valence-electron chi connectivity index (χ0n) is 6.95. The Morgan fingerprint density at radius 3 is 3.00 bits per heavy atom. The molecule has 0 aliphatic carbocycles. The van der Waals surface area contributed by atoms with Crippen molar-refractivity contribution < 1.29 is 14.3 Å². The molecule has 0 radical (unpaired) electrons. The maximum Gasteiger partial charge on any atom is 0.211 e. The zero-order valence-corrected chi connectivity index (χ0v) is 6.95. The molecule has 0 bridgehead atoms. The van der Waals surface area contributed by atoms with Crippen molar-refractivity contribution >= 4 is 12.1 Å². The first kappa shape index (κ1) is 7.91. The number of amides is 1. The standard InChI is InChI=1S/C9H9NO3/c11-6-10-7-2-1-3-8-9(7)13-5-4-12-8/h1-3,6H,4-5H2,(H,10,11). The van der Waals surface area contributed by atoms with Gasteiger partial charge < -0.3 is 14.8 Å². The van der Waals surface area contributed by atoms with Crippen LogP contribution in [0.15, 0.2) is 18.2 Å². The van der Waals surface area contributed by atoms with E-state index >= 15 is 0 Å². The molecule has 1 heterocycles. The molecule has 68 valence electrons. The lowest BCUT2D eigenvalue weighted by atomic mass is 10.2. The van der Waals surface area contributed by atoms with E-state index in [0.29, 0.717) is 36.8 Å². The quantitative estimate of drug-likeness (QED) is 0.689. The molecule has 0 spiro atoms. The number of carbonyl (C=O) groups is 1. The fourth-order valence-corrected chi connectivity index (χ4v) is 1.25. The van der Waals surface area contributed by atoms with Crippen LogP contribution in [0.4, 0.5) is 5.69 Å². The molecule has 2 rings (SSSR count). The van der Waals surface area contributed by atoms with E-state index in [1.165, 1.54) is 0 Å². The van der Waals surface area contributed by atoms with Gasteiger partial charge in [-0.15, -0.1) is 0 Å². The summed E-state index contributed by atoms with van der Waals surface area (Å²) in [6, 6.07) is 5.38. The van der Waals surface area contributed by atoms with Gasteiger partial charge in [0.25, 0.3) is 0 Å². The third-order valence-electron chi connectivity index (χ3n) is 1.78. The molecule has 0 saturated heterocycles. The number of hydrogen-bond donors (Lipinski definition) is 1. The number of para-hydroxylation sites is 1. The maximum atomic E-state index is 10.3. The Kier molecular flexibility index (Phi) is 2.04. The van der Waals surface area contributed by atoms with Gasteiger partial charge in [0, 0.05) is 0 Å². The number of ether oxygens (including phenoxy) is 2. The first-order valence-electron chi connectivity index (χ1n) is 4.00. The Morgan fingerprint density at radius 1 is 1.31 bits per heavy atom. The fraction of sp³-hybridized carbons (Fsp3) is 0.222. The van der Waals surface area contributed by atoms with E-state index in [2.05, 4.69) is 5.32 Å². The molecule has 4 nitrogen and oxygen atoms in total. The predicted molar refractivity (Wildman–Crippen MR) is 47.1 cm³/mol. The first-order valence-corrected chi connectivity index (χ1v) is 4.00. The summed E-state index contributed by atoms with van der Waals surface area (Å²) >= 11 is 0. The highest BCUT2D eigenvalue weighted by atomic mass is 16.6. The normalized spacial score (nSPS) is 13.5. The van der Waals surface area contributed by atoms with Crippen molar-refractivity contribution in [3.05, 3.63) is 18.2 Å². The van der Waals surface area contributed by atoms with Gasteiger partial charge in [-0.05, 0) is 12.1 Å². The highest BCUT2D eigenvalue weighted by molar-refractivity contribution is 5.77. The summed E-state index contributed by atoms with van der Waals surface area (Å²) in [5.74, 6) is 1.29. The third kappa shape index (κ3) is 1.42. The zero-order chi connectivity index (χ0) is 9.10. The molecule has 1 aromatic carbocycles. The van der Waals surface area contributed by atoms with Gasteiger partial charge in [0.15, 0.2) is 11.5 Å². The SMILES string of the molecule is O=CNc1cccc2c1OCCO2.